The molecule has 3 aromatic rings. The van der Waals surface area contributed by atoms with Crippen LogP contribution in [0.5, 0.6) is 5.75 Å². The van der Waals surface area contributed by atoms with Crippen molar-refractivity contribution in [1.29, 1.82) is 0 Å². The Kier molecular flexibility index (Phi) is 8.85. The highest BCUT2D eigenvalue weighted by atomic mass is 16.5. The summed E-state index contributed by atoms with van der Waals surface area (Å²) < 4.78 is 5.71. The predicted molar refractivity (Wildman–Crippen MR) is 148 cm³/mol. The van der Waals surface area contributed by atoms with Gasteiger partial charge >= 0.3 is 6.03 Å². The minimum absolute atomic E-state index is 0.0784. The summed E-state index contributed by atoms with van der Waals surface area (Å²) in [7, 11) is 4.09. The van der Waals surface area contributed by atoms with E-state index in [1.165, 1.54) is 16.7 Å². The SMILES string of the molecule is CCCCOc1ccc(NC(=O)NCC(c2ccc(N(C)C)cc2)N2CCc3ccccc3C2)cc1. The van der Waals surface area contributed by atoms with E-state index in [4.69, 9.17) is 4.74 Å². The summed E-state index contributed by atoms with van der Waals surface area (Å²) in [6.45, 7) is 5.21. The Bertz CT molecular complexity index is 1110. The van der Waals surface area contributed by atoms with Crippen molar-refractivity contribution in [2.45, 2.75) is 38.8 Å². The Labute approximate surface area is 215 Å². The third kappa shape index (κ3) is 6.79. The summed E-state index contributed by atoms with van der Waals surface area (Å²) in [6, 6.07) is 24.7. The highest BCUT2D eigenvalue weighted by molar-refractivity contribution is 5.89. The number of nitrogens with one attached hydrogen (secondary N) is 2. The van der Waals surface area contributed by atoms with E-state index in [0.29, 0.717) is 13.2 Å². The molecule has 0 fully saturated rings. The Hall–Kier alpha value is -3.51. The van der Waals surface area contributed by atoms with Gasteiger partial charge < -0.3 is 20.3 Å². The monoisotopic (exact) mass is 486 g/mol. The zero-order chi connectivity index (χ0) is 25.3. The number of benzene rings is 3. The number of unbranched alkanes of at least 4 members (excludes halogenated alkanes) is 1. The average molecular weight is 487 g/mol. The highest BCUT2D eigenvalue weighted by Crippen LogP contribution is 2.29. The molecule has 0 aliphatic carbocycles. The van der Waals surface area contributed by atoms with Gasteiger partial charge in [0.05, 0.1) is 12.6 Å². The molecule has 4 rings (SSSR count). The maximum absolute atomic E-state index is 12.8. The Balaban J connectivity index is 1.41. The summed E-state index contributed by atoms with van der Waals surface area (Å²) >= 11 is 0. The van der Waals surface area contributed by atoms with E-state index in [1.54, 1.807) is 0 Å². The van der Waals surface area contributed by atoms with Crippen molar-refractivity contribution in [2.75, 3.05) is 44.0 Å². The average Bonchev–Trinajstić information content (AvgIpc) is 2.90. The first-order valence-corrected chi connectivity index (χ1v) is 12.9. The second kappa shape index (κ2) is 12.5. The van der Waals surface area contributed by atoms with E-state index in [-0.39, 0.29) is 12.1 Å². The van der Waals surface area contributed by atoms with Gasteiger partial charge in [0.1, 0.15) is 5.75 Å². The van der Waals surface area contributed by atoms with Crippen molar-refractivity contribution in [3.8, 4) is 5.75 Å². The summed E-state index contributed by atoms with van der Waals surface area (Å²) in [5, 5.41) is 6.07. The largest absolute Gasteiger partial charge is 0.494 e. The second-order valence-electron chi connectivity index (χ2n) is 9.55. The molecule has 190 valence electrons. The van der Waals surface area contributed by atoms with Crippen LogP contribution in [0.4, 0.5) is 16.2 Å². The van der Waals surface area contributed by atoms with E-state index >= 15 is 0 Å². The zero-order valence-corrected chi connectivity index (χ0v) is 21.7. The molecule has 2 amide bonds. The standard InChI is InChI=1S/C30H38N4O2/c1-4-5-20-36-28-16-12-26(13-17-28)32-30(35)31-21-29(24-10-14-27(15-11-24)33(2)3)34-19-18-23-8-6-7-9-25(23)22-34/h6-17,29H,4-5,18-22H2,1-3H3,(H2,31,32,35). The van der Waals surface area contributed by atoms with E-state index < -0.39 is 0 Å². The van der Waals surface area contributed by atoms with Crippen molar-refractivity contribution in [2.24, 2.45) is 0 Å². The molecule has 0 spiro atoms. The molecule has 2 N–H and O–H groups in total. The van der Waals surface area contributed by atoms with Crippen LogP contribution in [0.3, 0.4) is 0 Å². The predicted octanol–water partition coefficient (Wildman–Crippen LogP) is 5.85. The fraction of sp³-hybridized carbons (Fsp3) is 0.367. The maximum atomic E-state index is 12.8. The van der Waals surface area contributed by atoms with Gasteiger partial charge in [0.15, 0.2) is 0 Å². The number of nitrogens with zero attached hydrogens (tertiary/aromatic N) is 2. The molecule has 0 saturated carbocycles. The number of anilines is 2. The van der Waals surface area contributed by atoms with E-state index in [9.17, 15) is 4.79 Å². The molecule has 1 aliphatic rings. The van der Waals surface area contributed by atoms with Gasteiger partial charge in [0.2, 0.25) is 0 Å². The van der Waals surface area contributed by atoms with Crippen LogP contribution in [0.2, 0.25) is 0 Å². The lowest BCUT2D eigenvalue weighted by Gasteiger charge is -2.36. The molecule has 3 aromatic carbocycles. The van der Waals surface area contributed by atoms with Gasteiger partial charge in [0, 0.05) is 45.1 Å². The Morgan fingerprint density at radius 2 is 1.72 bits per heavy atom. The first kappa shape index (κ1) is 25.6. The number of urea groups is 1. The number of amides is 2. The number of hydrogen-bond donors (Lipinski definition) is 2. The maximum Gasteiger partial charge on any atom is 0.319 e. The Morgan fingerprint density at radius 1 is 1.00 bits per heavy atom. The van der Waals surface area contributed by atoms with Crippen LogP contribution in [0.15, 0.2) is 72.8 Å². The number of carbonyl (C=O) groups is 1. The van der Waals surface area contributed by atoms with Gasteiger partial charge in [-0.15, -0.1) is 0 Å². The number of hydrogen-bond acceptors (Lipinski definition) is 4. The number of rotatable bonds is 10. The molecule has 6 heteroatoms. The van der Waals surface area contributed by atoms with Crippen LogP contribution in [0.1, 0.15) is 42.5 Å². The fourth-order valence-electron chi connectivity index (χ4n) is 4.57. The van der Waals surface area contributed by atoms with Gasteiger partial charge in [-0.1, -0.05) is 49.7 Å². The van der Waals surface area contributed by atoms with Crippen LogP contribution in [-0.2, 0) is 13.0 Å². The number of ether oxygens (including phenoxy) is 1. The zero-order valence-electron chi connectivity index (χ0n) is 21.7. The lowest BCUT2D eigenvalue weighted by Crippen LogP contribution is -2.41. The van der Waals surface area contributed by atoms with Gasteiger partial charge in [-0.3, -0.25) is 4.90 Å². The van der Waals surface area contributed by atoms with Gasteiger partial charge in [-0.2, -0.15) is 0 Å². The number of carbonyl (C=O) groups excluding carboxylic acids is 1. The third-order valence-corrected chi connectivity index (χ3v) is 6.73. The third-order valence-electron chi connectivity index (χ3n) is 6.73. The highest BCUT2D eigenvalue weighted by Gasteiger charge is 2.25. The number of fused-ring (bicyclic) bond motifs is 1. The normalized spacial score (nSPS) is 14.0. The van der Waals surface area contributed by atoms with Crippen molar-refractivity contribution in [3.05, 3.63) is 89.5 Å². The molecule has 6 nitrogen and oxygen atoms in total. The summed E-state index contributed by atoms with van der Waals surface area (Å²) in [4.78, 5) is 17.4. The van der Waals surface area contributed by atoms with Gasteiger partial charge in [-0.05, 0) is 65.9 Å². The second-order valence-corrected chi connectivity index (χ2v) is 9.55. The summed E-state index contributed by atoms with van der Waals surface area (Å²) in [5.74, 6) is 0.820. The van der Waals surface area contributed by atoms with Crippen LogP contribution in [0.25, 0.3) is 0 Å². The van der Waals surface area contributed by atoms with Crippen LogP contribution < -0.4 is 20.3 Å². The topological polar surface area (TPSA) is 56.8 Å². The van der Waals surface area contributed by atoms with E-state index in [2.05, 4.69) is 75.9 Å². The quantitative estimate of drug-likeness (QED) is 0.353. The van der Waals surface area contributed by atoms with Crippen molar-refractivity contribution in [1.82, 2.24) is 10.2 Å². The molecular formula is C30H38N4O2. The molecule has 0 radical (unpaired) electrons. The van der Waals surface area contributed by atoms with E-state index in [1.807, 2.05) is 38.4 Å². The molecule has 0 saturated heterocycles. The summed E-state index contributed by atoms with van der Waals surface area (Å²) in [6.07, 6.45) is 3.15. The van der Waals surface area contributed by atoms with Gasteiger partial charge in [-0.25, -0.2) is 4.79 Å². The smallest absolute Gasteiger partial charge is 0.319 e. The van der Waals surface area contributed by atoms with Crippen LogP contribution in [0, 0.1) is 0 Å². The molecule has 0 bridgehead atoms. The molecule has 0 aromatic heterocycles. The van der Waals surface area contributed by atoms with Crippen molar-refractivity contribution in [3.63, 3.8) is 0 Å². The molecule has 1 atom stereocenters. The van der Waals surface area contributed by atoms with Crippen LogP contribution in [-0.4, -0.2) is 44.7 Å². The lowest BCUT2D eigenvalue weighted by atomic mass is 9.96. The molecule has 1 heterocycles. The van der Waals surface area contributed by atoms with Crippen LogP contribution >= 0.6 is 0 Å². The van der Waals surface area contributed by atoms with E-state index in [0.717, 1.165) is 49.5 Å². The lowest BCUT2D eigenvalue weighted by molar-refractivity contribution is 0.175. The molecule has 36 heavy (non-hydrogen) atoms. The molecule has 1 unspecified atom stereocenters. The Morgan fingerprint density at radius 3 is 2.42 bits per heavy atom. The molecule has 1 aliphatic heterocycles. The minimum Gasteiger partial charge on any atom is -0.494 e. The molecular weight excluding hydrogens is 448 g/mol. The van der Waals surface area contributed by atoms with Crippen molar-refractivity contribution < 1.29 is 9.53 Å². The van der Waals surface area contributed by atoms with Crippen molar-refractivity contribution >= 4 is 17.4 Å². The first-order chi connectivity index (χ1) is 17.5. The summed E-state index contributed by atoms with van der Waals surface area (Å²) in [5.41, 5.74) is 5.89. The van der Waals surface area contributed by atoms with Gasteiger partial charge in [0.25, 0.3) is 0 Å². The first-order valence-electron chi connectivity index (χ1n) is 12.9. The fourth-order valence-corrected chi connectivity index (χ4v) is 4.57. The minimum atomic E-state index is -0.207.